The van der Waals surface area contributed by atoms with Crippen molar-refractivity contribution in [3.63, 3.8) is 0 Å². The molecule has 0 saturated heterocycles. The van der Waals surface area contributed by atoms with Gasteiger partial charge in [-0.05, 0) is 54.8 Å². The van der Waals surface area contributed by atoms with Crippen molar-refractivity contribution in [2.24, 2.45) is 5.41 Å². The van der Waals surface area contributed by atoms with Gasteiger partial charge < -0.3 is 5.11 Å². The Balaban J connectivity index is 1.83. The minimum absolute atomic E-state index is 0.0332. The highest BCUT2D eigenvalue weighted by Gasteiger charge is 2.46. The van der Waals surface area contributed by atoms with Crippen LogP contribution in [0, 0.1) is 17.7 Å². The number of rotatable bonds is 4. The molecule has 0 bridgehead atoms. The zero-order valence-electron chi connectivity index (χ0n) is 21.7. The molecular formula is C32H32N2O2S. The highest BCUT2D eigenvalue weighted by Crippen LogP contribution is 2.51. The number of nitrogens with zero attached hydrogens (tertiary/aromatic N) is 1. The summed E-state index contributed by atoms with van der Waals surface area (Å²) < 4.78 is 0. The number of nitrogens with one attached hydrogen (secondary N) is 1. The standard InChI is InChI=1S/C32H32N2O2S/c1-20-10-14-23(15-11-20)34-25-18-32(2,3)19-26(35)28(25)27(21-12-16-24(37-4)17-13-21)29(31(34)33)30(36)22-8-6-5-7-9-22/h5-17,27,33,36H,18-19H2,1-4H3/b30-29+,33-31?. The number of anilines is 1. The molecule has 1 aliphatic heterocycles. The lowest BCUT2D eigenvalue weighted by Crippen LogP contribution is -2.45. The fraction of sp³-hybridized carbons (Fsp3) is 0.250. The minimum Gasteiger partial charge on any atom is -0.507 e. The molecule has 0 spiro atoms. The summed E-state index contributed by atoms with van der Waals surface area (Å²) in [7, 11) is 0. The number of aliphatic hydroxyl groups is 1. The molecule has 2 N–H and O–H groups in total. The van der Waals surface area contributed by atoms with E-state index >= 15 is 0 Å². The Morgan fingerprint density at radius 1 is 0.973 bits per heavy atom. The van der Waals surface area contributed by atoms with E-state index in [9.17, 15) is 15.3 Å². The van der Waals surface area contributed by atoms with Gasteiger partial charge in [0.1, 0.15) is 11.6 Å². The molecule has 3 aromatic carbocycles. The van der Waals surface area contributed by atoms with E-state index in [0.717, 1.165) is 27.4 Å². The summed E-state index contributed by atoms with van der Waals surface area (Å²) in [6.07, 6.45) is 3.13. The van der Waals surface area contributed by atoms with Crippen LogP contribution in [-0.4, -0.2) is 23.0 Å². The number of benzene rings is 3. The van der Waals surface area contributed by atoms with Crippen LogP contribution in [0.25, 0.3) is 5.76 Å². The van der Waals surface area contributed by atoms with E-state index in [1.165, 1.54) is 0 Å². The van der Waals surface area contributed by atoms with E-state index in [-0.39, 0.29) is 22.8 Å². The van der Waals surface area contributed by atoms with Crippen molar-refractivity contribution in [1.29, 1.82) is 5.41 Å². The van der Waals surface area contributed by atoms with E-state index in [2.05, 4.69) is 13.8 Å². The van der Waals surface area contributed by atoms with E-state index in [1.807, 2.05) is 96.9 Å². The Hall–Kier alpha value is -3.57. The van der Waals surface area contributed by atoms with Gasteiger partial charge in [0.05, 0.1) is 0 Å². The summed E-state index contributed by atoms with van der Waals surface area (Å²) in [4.78, 5) is 16.9. The van der Waals surface area contributed by atoms with Gasteiger partial charge >= 0.3 is 0 Å². The molecule has 1 atom stereocenters. The van der Waals surface area contributed by atoms with Crippen LogP contribution in [0.2, 0.25) is 0 Å². The Labute approximate surface area is 223 Å². The quantitative estimate of drug-likeness (QED) is 0.278. The maximum Gasteiger partial charge on any atom is 0.162 e. The van der Waals surface area contributed by atoms with Crippen molar-refractivity contribution in [1.82, 2.24) is 0 Å². The number of hydrogen-bond acceptors (Lipinski definition) is 4. The normalized spacial score (nSPS) is 20.6. The smallest absolute Gasteiger partial charge is 0.162 e. The summed E-state index contributed by atoms with van der Waals surface area (Å²) in [5.74, 6) is -0.212. The topological polar surface area (TPSA) is 64.4 Å². The van der Waals surface area contributed by atoms with Crippen LogP contribution >= 0.6 is 11.8 Å². The molecule has 3 aromatic rings. The molecule has 4 nitrogen and oxygen atoms in total. The van der Waals surface area contributed by atoms with Gasteiger partial charge in [0, 0.05) is 45.3 Å². The molecule has 1 heterocycles. The fourth-order valence-electron chi connectivity index (χ4n) is 5.47. The first kappa shape index (κ1) is 25.1. The molecule has 0 saturated carbocycles. The van der Waals surface area contributed by atoms with Gasteiger partial charge in [-0.3, -0.25) is 15.1 Å². The maximum atomic E-state index is 13.9. The van der Waals surface area contributed by atoms with Gasteiger partial charge in [0.15, 0.2) is 5.78 Å². The number of amidine groups is 1. The van der Waals surface area contributed by atoms with Crippen LogP contribution in [0.5, 0.6) is 0 Å². The number of carbonyl (C=O) groups excluding carboxylic acids is 1. The van der Waals surface area contributed by atoms with Crippen LogP contribution in [-0.2, 0) is 4.79 Å². The summed E-state index contributed by atoms with van der Waals surface area (Å²) >= 11 is 1.66. The third-order valence-electron chi connectivity index (χ3n) is 7.27. The molecule has 5 rings (SSSR count). The van der Waals surface area contributed by atoms with Crippen molar-refractivity contribution in [3.8, 4) is 0 Å². The molecule has 1 aliphatic carbocycles. The first-order chi connectivity index (χ1) is 17.7. The summed E-state index contributed by atoms with van der Waals surface area (Å²) in [6.45, 7) is 6.26. The minimum atomic E-state index is -0.524. The number of thioether (sulfide) groups is 1. The van der Waals surface area contributed by atoms with E-state index < -0.39 is 5.92 Å². The molecule has 0 radical (unpaired) electrons. The number of Topliss-reactive ketones (excluding diaryl/α,β-unsaturated/α-hetero) is 1. The van der Waals surface area contributed by atoms with Crippen molar-refractivity contribution >= 4 is 34.8 Å². The lowest BCUT2D eigenvalue weighted by atomic mass is 9.67. The maximum absolute atomic E-state index is 13.9. The number of ketones is 1. The van der Waals surface area contributed by atoms with Crippen LogP contribution < -0.4 is 4.90 Å². The number of hydrogen-bond donors (Lipinski definition) is 2. The van der Waals surface area contributed by atoms with Gasteiger partial charge in [-0.15, -0.1) is 11.8 Å². The Morgan fingerprint density at radius 2 is 1.62 bits per heavy atom. The zero-order chi connectivity index (χ0) is 26.3. The molecule has 1 unspecified atom stereocenters. The third kappa shape index (κ3) is 4.64. The van der Waals surface area contributed by atoms with Crippen LogP contribution in [0.15, 0.2) is 101 Å². The van der Waals surface area contributed by atoms with E-state index in [4.69, 9.17) is 0 Å². The summed E-state index contributed by atoms with van der Waals surface area (Å²) in [6, 6.07) is 25.5. The molecule has 0 aromatic heterocycles. The molecule has 0 amide bonds. The monoisotopic (exact) mass is 508 g/mol. The second kappa shape index (κ2) is 9.71. The average Bonchev–Trinajstić information content (AvgIpc) is 2.88. The van der Waals surface area contributed by atoms with Gasteiger partial charge in [-0.25, -0.2) is 0 Å². The number of carbonyl (C=O) groups is 1. The molecule has 2 aliphatic rings. The molecule has 5 heteroatoms. The van der Waals surface area contributed by atoms with Gasteiger partial charge in [-0.2, -0.15) is 0 Å². The van der Waals surface area contributed by atoms with Gasteiger partial charge in [0.2, 0.25) is 0 Å². The molecular weight excluding hydrogens is 476 g/mol. The lowest BCUT2D eigenvalue weighted by molar-refractivity contribution is -0.118. The Morgan fingerprint density at radius 3 is 2.24 bits per heavy atom. The van der Waals surface area contributed by atoms with Crippen molar-refractivity contribution < 1.29 is 9.90 Å². The Kier molecular flexibility index (Phi) is 6.59. The fourth-order valence-corrected chi connectivity index (χ4v) is 5.88. The van der Waals surface area contributed by atoms with Crippen molar-refractivity contribution in [2.45, 2.75) is 44.4 Å². The number of aryl methyl sites for hydroxylation is 1. The zero-order valence-corrected chi connectivity index (χ0v) is 22.5. The predicted octanol–water partition coefficient (Wildman–Crippen LogP) is 7.91. The van der Waals surface area contributed by atoms with Crippen LogP contribution in [0.1, 0.15) is 49.3 Å². The lowest BCUT2D eigenvalue weighted by Gasteiger charge is -2.45. The highest BCUT2D eigenvalue weighted by molar-refractivity contribution is 7.98. The molecule has 0 fully saturated rings. The first-order valence-electron chi connectivity index (χ1n) is 12.5. The average molecular weight is 509 g/mol. The van der Waals surface area contributed by atoms with E-state index in [0.29, 0.717) is 29.6 Å². The SMILES string of the molecule is CSc1ccc(C2C3=C(CC(C)(C)CC3=O)N(c3ccc(C)cc3)C(=N)/C2=C(/O)c2ccccc2)cc1. The second-order valence-corrected chi connectivity index (χ2v) is 11.5. The predicted molar refractivity (Wildman–Crippen MR) is 153 cm³/mol. The largest absolute Gasteiger partial charge is 0.507 e. The van der Waals surface area contributed by atoms with Crippen molar-refractivity contribution in [3.05, 3.63) is 112 Å². The van der Waals surface area contributed by atoms with Crippen molar-refractivity contribution in [2.75, 3.05) is 11.2 Å². The van der Waals surface area contributed by atoms with Gasteiger partial charge in [0.25, 0.3) is 0 Å². The number of allylic oxidation sites excluding steroid dienone is 2. The van der Waals surface area contributed by atoms with Crippen LogP contribution in [0.4, 0.5) is 5.69 Å². The molecule has 188 valence electrons. The Bertz CT molecular complexity index is 1420. The first-order valence-corrected chi connectivity index (χ1v) is 13.8. The third-order valence-corrected chi connectivity index (χ3v) is 8.01. The number of aliphatic hydroxyl groups excluding tert-OH is 1. The van der Waals surface area contributed by atoms with Gasteiger partial charge in [-0.1, -0.05) is 74.0 Å². The highest BCUT2D eigenvalue weighted by atomic mass is 32.2. The summed E-state index contributed by atoms with van der Waals surface area (Å²) in [5, 5.41) is 21.2. The summed E-state index contributed by atoms with van der Waals surface area (Å²) in [5.41, 5.74) is 5.25. The second-order valence-electron chi connectivity index (χ2n) is 10.7. The van der Waals surface area contributed by atoms with Crippen LogP contribution in [0.3, 0.4) is 0 Å². The van der Waals surface area contributed by atoms with E-state index in [1.54, 1.807) is 11.8 Å². The molecule has 37 heavy (non-hydrogen) atoms.